The normalized spacial score (nSPS) is 12.0. The van der Waals surface area contributed by atoms with Gasteiger partial charge in [0.15, 0.2) is 0 Å². The van der Waals surface area contributed by atoms with Crippen molar-refractivity contribution in [1.82, 2.24) is 10.2 Å². The van der Waals surface area contributed by atoms with Gasteiger partial charge in [0.25, 0.3) is 0 Å². The second-order valence-electron chi connectivity index (χ2n) is 6.34. The average molecular weight is 397 g/mol. The summed E-state index contributed by atoms with van der Waals surface area (Å²) in [7, 11) is 3.97. The van der Waals surface area contributed by atoms with E-state index in [1.165, 1.54) is 18.2 Å². The van der Waals surface area contributed by atoms with Crippen LogP contribution in [-0.2, 0) is 24.1 Å². The lowest BCUT2D eigenvalue weighted by molar-refractivity contribution is -0.137. The van der Waals surface area contributed by atoms with Gasteiger partial charge in [0.2, 0.25) is 5.91 Å². The minimum Gasteiger partial charge on any atom is -0.348 e. The molecule has 2 aromatic carbocycles. The first-order chi connectivity index (χ1) is 12.6. The van der Waals surface area contributed by atoms with Gasteiger partial charge < -0.3 is 10.2 Å². The summed E-state index contributed by atoms with van der Waals surface area (Å²) in [5.74, 6) is -0.393. The van der Waals surface area contributed by atoms with Gasteiger partial charge in [0.05, 0.1) is 10.6 Å². The fraction of sp³-hybridized carbons (Fsp3) is 0.250. The maximum Gasteiger partial charge on any atom is 0.417 e. The largest absolute Gasteiger partial charge is 0.417 e. The van der Waals surface area contributed by atoms with Crippen LogP contribution in [0.3, 0.4) is 0 Å². The molecule has 0 radical (unpaired) electrons. The molecule has 0 fully saturated rings. The first-order valence-corrected chi connectivity index (χ1v) is 8.58. The van der Waals surface area contributed by atoms with Crippen LogP contribution in [-0.4, -0.2) is 24.9 Å². The van der Waals surface area contributed by atoms with E-state index in [1.54, 1.807) is 0 Å². The molecule has 0 aromatic heterocycles. The van der Waals surface area contributed by atoms with E-state index in [2.05, 4.69) is 10.2 Å². The summed E-state index contributed by atoms with van der Waals surface area (Å²) < 4.78 is 38.5. The van der Waals surface area contributed by atoms with Crippen LogP contribution < -0.4 is 5.32 Å². The van der Waals surface area contributed by atoms with E-state index in [1.807, 2.05) is 38.4 Å². The first kappa shape index (κ1) is 21.0. The molecule has 0 spiro atoms. The van der Waals surface area contributed by atoms with Crippen molar-refractivity contribution in [3.8, 4) is 0 Å². The van der Waals surface area contributed by atoms with Crippen molar-refractivity contribution in [2.75, 3.05) is 14.1 Å². The standard InChI is InChI=1S/C20H20ClF3N2O/c1-26(2)13-16-5-3-15(4-6-16)12-25-19(27)10-8-14-7-9-18(21)17(11-14)20(22,23)24/h3-11H,12-13H2,1-2H3,(H,25,27)/b10-8+. The van der Waals surface area contributed by atoms with Crippen LogP contribution in [0.25, 0.3) is 6.08 Å². The second-order valence-corrected chi connectivity index (χ2v) is 6.75. The zero-order chi connectivity index (χ0) is 20.0. The highest BCUT2D eigenvalue weighted by Crippen LogP contribution is 2.35. The predicted octanol–water partition coefficient (Wildman–Crippen LogP) is 4.75. The average Bonchev–Trinajstić information content (AvgIpc) is 2.59. The number of amides is 1. The number of halogens is 4. The Balaban J connectivity index is 1.94. The molecule has 1 amide bonds. The van der Waals surface area contributed by atoms with Crippen molar-refractivity contribution in [3.63, 3.8) is 0 Å². The lowest BCUT2D eigenvalue weighted by Gasteiger charge is -2.10. The van der Waals surface area contributed by atoms with E-state index in [0.717, 1.165) is 29.8 Å². The van der Waals surface area contributed by atoms with E-state index in [9.17, 15) is 18.0 Å². The zero-order valence-corrected chi connectivity index (χ0v) is 15.7. The quantitative estimate of drug-likeness (QED) is 0.715. The van der Waals surface area contributed by atoms with Gasteiger partial charge >= 0.3 is 6.18 Å². The monoisotopic (exact) mass is 396 g/mol. The topological polar surface area (TPSA) is 32.3 Å². The van der Waals surface area contributed by atoms with Crippen molar-refractivity contribution in [2.45, 2.75) is 19.3 Å². The molecular weight excluding hydrogens is 377 g/mol. The maximum absolute atomic E-state index is 12.8. The number of benzene rings is 2. The third-order valence-corrected chi connectivity index (χ3v) is 4.04. The molecular formula is C20H20ClF3N2O. The van der Waals surface area contributed by atoms with Gasteiger partial charge in [-0.1, -0.05) is 41.9 Å². The molecule has 0 bridgehead atoms. The van der Waals surface area contributed by atoms with Crippen molar-refractivity contribution in [3.05, 3.63) is 75.8 Å². The molecule has 0 saturated carbocycles. The fourth-order valence-corrected chi connectivity index (χ4v) is 2.64. The summed E-state index contributed by atoms with van der Waals surface area (Å²) in [4.78, 5) is 14.0. The summed E-state index contributed by atoms with van der Waals surface area (Å²) >= 11 is 5.57. The maximum atomic E-state index is 12.8. The van der Waals surface area contributed by atoms with E-state index in [4.69, 9.17) is 11.6 Å². The van der Waals surface area contributed by atoms with Crippen LogP contribution in [0.2, 0.25) is 5.02 Å². The molecule has 0 heterocycles. The van der Waals surface area contributed by atoms with E-state index >= 15 is 0 Å². The molecule has 0 aliphatic heterocycles. The van der Waals surface area contributed by atoms with Gasteiger partial charge in [-0.3, -0.25) is 4.79 Å². The molecule has 2 rings (SSSR count). The summed E-state index contributed by atoms with van der Waals surface area (Å²) in [6, 6.07) is 11.3. The van der Waals surface area contributed by atoms with Crippen LogP contribution >= 0.6 is 11.6 Å². The predicted molar refractivity (Wildman–Crippen MR) is 101 cm³/mol. The van der Waals surface area contributed by atoms with E-state index in [-0.39, 0.29) is 10.6 Å². The highest BCUT2D eigenvalue weighted by molar-refractivity contribution is 6.31. The Hall–Kier alpha value is -2.31. The molecule has 7 heteroatoms. The Morgan fingerprint density at radius 3 is 2.33 bits per heavy atom. The Bertz CT molecular complexity index is 815. The van der Waals surface area contributed by atoms with Gasteiger partial charge in [-0.25, -0.2) is 0 Å². The number of hydrogen-bond acceptors (Lipinski definition) is 2. The van der Waals surface area contributed by atoms with Gasteiger partial charge in [0.1, 0.15) is 0 Å². The molecule has 0 aliphatic rings. The van der Waals surface area contributed by atoms with Crippen LogP contribution in [0.5, 0.6) is 0 Å². The van der Waals surface area contributed by atoms with Gasteiger partial charge in [-0.2, -0.15) is 13.2 Å². The molecule has 0 atom stereocenters. The van der Waals surface area contributed by atoms with Crippen LogP contribution in [0.4, 0.5) is 13.2 Å². The van der Waals surface area contributed by atoms with Crippen molar-refractivity contribution in [2.24, 2.45) is 0 Å². The SMILES string of the molecule is CN(C)Cc1ccc(CNC(=O)/C=C/c2ccc(Cl)c(C(F)(F)F)c2)cc1. The minimum absolute atomic E-state index is 0.245. The molecule has 2 aromatic rings. The summed E-state index contributed by atoms with van der Waals surface area (Å²) in [6.45, 7) is 1.16. The molecule has 0 saturated heterocycles. The van der Waals surface area contributed by atoms with Gasteiger partial charge in [-0.15, -0.1) is 0 Å². The Morgan fingerprint density at radius 2 is 1.74 bits per heavy atom. The fourth-order valence-electron chi connectivity index (χ4n) is 2.41. The van der Waals surface area contributed by atoms with Crippen LogP contribution in [0.15, 0.2) is 48.5 Å². The lowest BCUT2D eigenvalue weighted by atomic mass is 10.1. The van der Waals surface area contributed by atoms with Crippen molar-refractivity contribution >= 4 is 23.6 Å². The molecule has 0 aliphatic carbocycles. The summed E-state index contributed by atoms with van der Waals surface area (Å²) in [5.41, 5.74) is 1.42. The number of nitrogens with one attached hydrogen (secondary N) is 1. The van der Waals surface area contributed by atoms with Gasteiger partial charge in [-0.05, 0) is 49.0 Å². The molecule has 27 heavy (non-hydrogen) atoms. The Labute approximate surface area is 161 Å². The molecule has 1 N–H and O–H groups in total. The first-order valence-electron chi connectivity index (χ1n) is 8.20. The van der Waals surface area contributed by atoms with E-state index < -0.39 is 17.6 Å². The van der Waals surface area contributed by atoms with Crippen LogP contribution in [0, 0.1) is 0 Å². The van der Waals surface area contributed by atoms with Crippen LogP contribution in [0.1, 0.15) is 22.3 Å². The minimum atomic E-state index is -4.54. The molecule has 3 nitrogen and oxygen atoms in total. The Kier molecular flexibility index (Phi) is 7.05. The number of carbonyl (C=O) groups excluding carboxylic acids is 1. The third kappa shape index (κ3) is 6.73. The highest BCUT2D eigenvalue weighted by Gasteiger charge is 2.33. The third-order valence-electron chi connectivity index (χ3n) is 3.71. The summed E-state index contributed by atoms with van der Waals surface area (Å²) in [6.07, 6.45) is -2.02. The second kappa shape index (κ2) is 9.06. The number of hydrogen-bond donors (Lipinski definition) is 1. The smallest absolute Gasteiger partial charge is 0.348 e. The van der Waals surface area contributed by atoms with E-state index in [0.29, 0.717) is 6.54 Å². The van der Waals surface area contributed by atoms with Crippen molar-refractivity contribution < 1.29 is 18.0 Å². The van der Waals surface area contributed by atoms with Crippen molar-refractivity contribution in [1.29, 1.82) is 0 Å². The summed E-state index contributed by atoms with van der Waals surface area (Å²) in [5, 5.41) is 2.33. The Morgan fingerprint density at radius 1 is 1.11 bits per heavy atom. The number of nitrogens with zero attached hydrogens (tertiary/aromatic N) is 1. The number of carbonyl (C=O) groups is 1. The molecule has 144 valence electrons. The van der Waals surface area contributed by atoms with Gasteiger partial charge in [0, 0.05) is 19.2 Å². The zero-order valence-electron chi connectivity index (χ0n) is 15.0. The number of alkyl halides is 3. The lowest BCUT2D eigenvalue weighted by Crippen LogP contribution is -2.20. The molecule has 0 unspecified atom stereocenters. The highest BCUT2D eigenvalue weighted by atomic mass is 35.5. The number of rotatable bonds is 6.